The molecule has 7 nitrogen and oxygen atoms in total. The van der Waals surface area contributed by atoms with E-state index in [1.54, 1.807) is 13.8 Å². The molecule has 0 aromatic rings. The molecule has 0 aromatic heterocycles. The first-order chi connectivity index (χ1) is 10.5. The molecule has 0 fully saturated rings. The van der Waals surface area contributed by atoms with Crippen molar-refractivity contribution in [3.05, 3.63) is 0 Å². The summed E-state index contributed by atoms with van der Waals surface area (Å²) in [4.78, 5) is 35.7. The van der Waals surface area contributed by atoms with Crippen LogP contribution < -0.4 is 16.4 Å². The van der Waals surface area contributed by atoms with E-state index in [4.69, 9.17) is 5.73 Å². The highest BCUT2D eigenvalue weighted by atomic mass is 16.4. The predicted molar refractivity (Wildman–Crippen MR) is 88.6 cm³/mol. The van der Waals surface area contributed by atoms with Gasteiger partial charge in [-0.15, -0.1) is 0 Å². The van der Waals surface area contributed by atoms with Crippen LogP contribution in [0.15, 0.2) is 0 Å². The zero-order valence-electron chi connectivity index (χ0n) is 14.9. The Kier molecular flexibility index (Phi) is 8.82. The van der Waals surface area contributed by atoms with Gasteiger partial charge >= 0.3 is 5.97 Å². The fourth-order valence-corrected chi connectivity index (χ4v) is 2.04. The van der Waals surface area contributed by atoms with Crippen LogP contribution in [0.1, 0.15) is 48.0 Å². The number of aliphatic carboxylic acids is 1. The van der Waals surface area contributed by atoms with Gasteiger partial charge in [-0.3, -0.25) is 9.59 Å². The van der Waals surface area contributed by atoms with Gasteiger partial charge in [0.25, 0.3) is 0 Å². The Hall–Kier alpha value is -1.63. The molecular weight excluding hydrogens is 298 g/mol. The van der Waals surface area contributed by atoms with Crippen molar-refractivity contribution in [2.45, 2.75) is 66.1 Å². The van der Waals surface area contributed by atoms with Crippen molar-refractivity contribution >= 4 is 17.8 Å². The Morgan fingerprint density at radius 1 is 0.913 bits per heavy atom. The number of nitrogens with one attached hydrogen (secondary N) is 2. The molecule has 23 heavy (non-hydrogen) atoms. The molecule has 0 rings (SSSR count). The van der Waals surface area contributed by atoms with E-state index < -0.39 is 35.9 Å². The van der Waals surface area contributed by atoms with Crippen molar-refractivity contribution < 1.29 is 19.5 Å². The van der Waals surface area contributed by atoms with Crippen molar-refractivity contribution in [2.24, 2.45) is 23.5 Å². The highest BCUT2D eigenvalue weighted by Gasteiger charge is 2.30. The second kappa shape index (κ2) is 9.50. The molecular formula is C16H31N3O4. The normalized spacial score (nSPS) is 15.4. The molecule has 0 radical (unpaired) electrons. The van der Waals surface area contributed by atoms with Crippen LogP contribution in [0.4, 0.5) is 0 Å². The molecule has 0 aliphatic rings. The standard InChI is InChI=1S/C16H31N3O4/c1-8(2)7-11(16(22)23)18-15(21)13(10(5)6)19-14(20)12(17)9(3)4/h8-13H,7,17H2,1-6H3,(H,18,21)(H,19,20)(H,22,23). The molecule has 0 saturated carbocycles. The number of amides is 2. The number of hydrogen-bond donors (Lipinski definition) is 4. The quantitative estimate of drug-likeness (QED) is 0.497. The minimum absolute atomic E-state index is 0.0569. The molecule has 3 atom stereocenters. The number of carbonyl (C=O) groups is 3. The van der Waals surface area contributed by atoms with Gasteiger partial charge in [-0.2, -0.15) is 0 Å². The van der Waals surface area contributed by atoms with E-state index >= 15 is 0 Å². The lowest BCUT2D eigenvalue weighted by Gasteiger charge is -2.26. The summed E-state index contributed by atoms with van der Waals surface area (Å²) in [6, 6.07) is -2.50. The molecule has 2 amide bonds. The molecule has 0 heterocycles. The number of rotatable bonds is 9. The molecule has 7 heteroatoms. The van der Waals surface area contributed by atoms with Gasteiger partial charge in [0, 0.05) is 0 Å². The Morgan fingerprint density at radius 2 is 1.43 bits per heavy atom. The lowest BCUT2D eigenvalue weighted by Crippen LogP contribution is -2.57. The first-order valence-corrected chi connectivity index (χ1v) is 8.06. The molecule has 0 aromatic carbocycles. The Balaban J connectivity index is 4.98. The van der Waals surface area contributed by atoms with Crippen LogP contribution in [-0.4, -0.2) is 41.0 Å². The fraction of sp³-hybridized carbons (Fsp3) is 0.812. The second-order valence-corrected chi connectivity index (χ2v) is 7.03. The van der Waals surface area contributed by atoms with Crippen LogP contribution in [0, 0.1) is 17.8 Å². The summed E-state index contributed by atoms with van der Waals surface area (Å²) in [5.74, 6) is -2.12. The smallest absolute Gasteiger partial charge is 0.326 e. The Morgan fingerprint density at radius 3 is 1.78 bits per heavy atom. The topological polar surface area (TPSA) is 122 Å². The van der Waals surface area contributed by atoms with E-state index in [0.717, 1.165) is 0 Å². The molecule has 0 saturated heterocycles. The third-order valence-corrected chi connectivity index (χ3v) is 3.59. The number of carboxylic acid groups (broad SMARTS) is 1. The van der Waals surface area contributed by atoms with Gasteiger partial charge in [0.05, 0.1) is 6.04 Å². The number of carbonyl (C=O) groups excluding carboxylic acids is 2. The second-order valence-electron chi connectivity index (χ2n) is 7.03. The van der Waals surface area contributed by atoms with Gasteiger partial charge in [0.15, 0.2) is 0 Å². The summed E-state index contributed by atoms with van der Waals surface area (Å²) < 4.78 is 0. The third kappa shape index (κ3) is 7.45. The molecule has 0 aliphatic heterocycles. The van der Waals surface area contributed by atoms with Crippen molar-refractivity contribution in [2.75, 3.05) is 0 Å². The number of hydrogen-bond acceptors (Lipinski definition) is 4. The monoisotopic (exact) mass is 329 g/mol. The summed E-state index contributed by atoms with van der Waals surface area (Å²) in [5.41, 5.74) is 5.79. The van der Waals surface area contributed by atoms with Crippen LogP contribution in [0.5, 0.6) is 0 Å². The zero-order chi connectivity index (χ0) is 18.3. The van der Waals surface area contributed by atoms with Gasteiger partial charge in [0.2, 0.25) is 11.8 Å². The van der Waals surface area contributed by atoms with Crippen molar-refractivity contribution in [1.82, 2.24) is 10.6 Å². The summed E-state index contributed by atoms with van der Waals surface area (Å²) in [6.07, 6.45) is 0.325. The highest BCUT2D eigenvalue weighted by molar-refractivity contribution is 5.92. The predicted octanol–water partition coefficient (Wildman–Crippen LogP) is 0.726. The minimum atomic E-state index is -1.08. The summed E-state index contributed by atoms with van der Waals surface area (Å²) in [6.45, 7) is 11.0. The average molecular weight is 329 g/mol. The Labute approximate surface area is 138 Å². The first-order valence-electron chi connectivity index (χ1n) is 8.06. The summed E-state index contributed by atoms with van der Waals surface area (Å²) >= 11 is 0. The van der Waals surface area contributed by atoms with E-state index in [1.807, 2.05) is 27.7 Å². The lowest BCUT2D eigenvalue weighted by atomic mass is 9.99. The zero-order valence-corrected chi connectivity index (χ0v) is 14.9. The average Bonchev–Trinajstić information content (AvgIpc) is 2.41. The number of nitrogens with two attached hydrogens (primary N) is 1. The molecule has 3 unspecified atom stereocenters. The van der Waals surface area contributed by atoms with Crippen LogP contribution in [-0.2, 0) is 14.4 Å². The van der Waals surface area contributed by atoms with E-state index in [9.17, 15) is 19.5 Å². The van der Waals surface area contributed by atoms with Crippen molar-refractivity contribution in [3.63, 3.8) is 0 Å². The van der Waals surface area contributed by atoms with Crippen LogP contribution >= 0.6 is 0 Å². The molecule has 0 bridgehead atoms. The van der Waals surface area contributed by atoms with Gasteiger partial charge in [-0.25, -0.2) is 4.79 Å². The molecule has 0 aliphatic carbocycles. The largest absolute Gasteiger partial charge is 0.480 e. The third-order valence-electron chi connectivity index (χ3n) is 3.59. The number of carboxylic acids is 1. The maximum atomic E-state index is 12.4. The SMILES string of the molecule is CC(C)CC(NC(=O)C(NC(=O)C(N)C(C)C)C(C)C)C(=O)O. The maximum Gasteiger partial charge on any atom is 0.326 e. The van der Waals surface area contributed by atoms with Crippen molar-refractivity contribution in [1.29, 1.82) is 0 Å². The highest BCUT2D eigenvalue weighted by Crippen LogP contribution is 2.08. The molecule has 0 spiro atoms. The fourth-order valence-electron chi connectivity index (χ4n) is 2.04. The van der Waals surface area contributed by atoms with E-state index in [0.29, 0.717) is 6.42 Å². The van der Waals surface area contributed by atoms with E-state index in [2.05, 4.69) is 10.6 Å². The minimum Gasteiger partial charge on any atom is -0.480 e. The molecule has 134 valence electrons. The van der Waals surface area contributed by atoms with Gasteiger partial charge < -0.3 is 21.5 Å². The van der Waals surface area contributed by atoms with Gasteiger partial charge in [0.1, 0.15) is 12.1 Å². The van der Waals surface area contributed by atoms with Crippen LogP contribution in [0.2, 0.25) is 0 Å². The van der Waals surface area contributed by atoms with Crippen LogP contribution in [0.25, 0.3) is 0 Å². The lowest BCUT2D eigenvalue weighted by molar-refractivity contribution is -0.143. The first kappa shape index (κ1) is 21.4. The van der Waals surface area contributed by atoms with Gasteiger partial charge in [-0.05, 0) is 24.2 Å². The van der Waals surface area contributed by atoms with E-state index in [1.165, 1.54) is 0 Å². The molecule has 5 N–H and O–H groups in total. The Bertz CT molecular complexity index is 422. The van der Waals surface area contributed by atoms with Gasteiger partial charge in [-0.1, -0.05) is 41.5 Å². The van der Waals surface area contributed by atoms with Crippen molar-refractivity contribution in [3.8, 4) is 0 Å². The van der Waals surface area contributed by atoms with Crippen LogP contribution in [0.3, 0.4) is 0 Å². The summed E-state index contributed by atoms with van der Waals surface area (Å²) in [5, 5.41) is 14.3. The van der Waals surface area contributed by atoms with E-state index in [-0.39, 0.29) is 17.8 Å². The summed E-state index contributed by atoms with van der Waals surface area (Å²) in [7, 11) is 0. The maximum absolute atomic E-state index is 12.4.